The SMILES string of the molecule is CC(=O)N1CCC[C@H]1C(=O)N[C@@H](CC(C)C)C(=O)N[C@H](C=O)Cc1cncn1CCCCCCCCc1ccccc1. The van der Waals surface area contributed by atoms with Gasteiger partial charge in [-0.1, -0.05) is 69.9 Å². The second-order valence-corrected chi connectivity index (χ2v) is 12.0. The number of nitrogens with one attached hydrogen (secondary N) is 2. The third-order valence-corrected chi connectivity index (χ3v) is 7.98. The van der Waals surface area contributed by atoms with Crippen molar-refractivity contribution in [3.63, 3.8) is 0 Å². The van der Waals surface area contributed by atoms with Crippen molar-refractivity contribution in [3.8, 4) is 0 Å². The number of aldehydes is 1. The smallest absolute Gasteiger partial charge is 0.243 e. The van der Waals surface area contributed by atoms with E-state index in [1.807, 2.05) is 13.8 Å². The van der Waals surface area contributed by atoms with E-state index in [1.54, 1.807) is 17.4 Å². The highest BCUT2D eigenvalue weighted by molar-refractivity contribution is 5.92. The van der Waals surface area contributed by atoms with Gasteiger partial charge in [-0.3, -0.25) is 14.4 Å². The van der Waals surface area contributed by atoms with Crippen LogP contribution in [0.15, 0.2) is 42.9 Å². The van der Waals surface area contributed by atoms with Gasteiger partial charge < -0.3 is 24.9 Å². The molecule has 0 bridgehead atoms. The number of nitrogens with zero attached hydrogens (tertiary/aromatic N) is 3. The van der Waals surface area contributed by atoms with Gasteiger partial charge >= 0.3 is 0 Å². The first-order valence-electron chi connectivity index (χ1n) is 15.6. The van der Waals surface area contributed by atoms with Gasteiger partial charge in [0.05, 0.1) is 12.4 Å². The van der Waals surface area contributed by atoms with Gasteiger partial charge in [-0.25, -0.2) is 4.98 Å². The Kier molecular flexibility index (Phi) is 13.7. The highest BCUT2D eigenvalue weighted by Gasteiger charge is 2.35. The van der Waals surface area contributed by atoms with Gasteiger partial charge in [-0.05, 0) is 50.0 Å². The Hall–Kier alpha value is -3.49. The molecule has 0 saturated carbocycles. The van der Waals surface area contributed by atoms with Crippen molar-refractivity contribution in [1.82, 2.24) is 25.1 Å². The number of carbonyl (C=O) groups excluding carboxylic acids is 4. The highest BCUT2D eigenvalue weighted by atomic mass is 16.2. The lowest BCUT2D eigenvalue weighted by molar-refractivity contribution is -0.138. The molecule has 2 heterocycles. The van der Waals surface area contributed by atoms with E-state index in [0.29, 0.717) is 25.8 Å². The molecule has 42 heavy (non-hydrogen) atoms. The van der Waals surface area contributed by atoms with Crippen LogP contribution in [0.2, 0.25) is 0 Å². The summed E-state index contributed by atoms with van der Waals surface area (Å²) >= 11 is 0. The van der Waals surface area contributed by atoms with Crippen molar-refractivity contribution in [3.05, 3.63) is 54.1 Å². The van der Waals surface area contributed by atoms with Crippen LogP contribution in [0.1, 0.15) is 89.8 Å². The predicted octanol–water partition coefficient (Wildman–Crippen LogP) is 4.23. The Balaban J connectivity index is 1.43. The average molecular weight is 580 g/mol. The zero-order chi connectivity index (χ0) is 30.3. The van der Waals surface area contributed by atoms with Crippen LogP contribution in [0.5, 0.6) is 0 Å². The maximum atomic E-state index is 13.2. The summed E-state index contributed by atoms with van der Waals surface area (Å²) in [6.45, 7) is 6.77. The predicted molar refractivity (Wildman–Crippen MR) is 164 cm³/mol. The third-order valence-electron chi connectivity index (χ3n) is 7.98. The van der Waals surface area contributed by atoms with E-state index in [9.17, 15) is 19.2 Å². The van der Waals surface area contributed by atoms with E-state index in [0.717, 1.165) is 44.2 Å². The number of amides is 3. The first kappa shape index (κ1) is 33.0. The quantitative estimate of drug-likeness (QED) is 0.203. The molecule has 1 aliphatic heterocycles. The van der Waals surface area contributed by atoms with Crippen molar-refractivity contribution in [2.75, 3.05) is 6.54 Å². The molecule has 0 spiro atoms. The van der Waals surface area contributed by atoms with Gasteiger partial charge in [-0.15, -0.1) is 0 Å². The van der Waals surface area contributed by atoms with Crippen LogP contribution in [0.3, 0.4) is 0 Å². The summed E-state index contributed by atoms with van der Waals surface area (Å²) in [6, 6.07) is 8.54. The number of hydrogen-bond donors (Lipinski definition) is 2. The second kappa shape index (κ2) is 17.5. The zero-order valence-electron chi connectivity index (χ0n) is 25.6. The number of imidazole rings is 1. The molecule has 3 amide bonds. The molecular weight excluding hydrogens is 530 g/mol. The average Bonchev–Trinajstić information content (AvgIpc) is 3.64. The number of likely N-dealkylation sites (tertiary alicyclic amines) is 1. The maximum Gasteiger partial charge on any atom is 0.243 e. The lowest BCUT2D eigenvalue weighted by Crippen LogP contribution is -2.55. The molecule has 0 radical (unpaired) electrons. The number of rotatable bonds is 18. The third kappa shape index (κ3) is 10.7. The van der Waals surface area contributed by atoms with E-state index in [4.69, 9.17) is 0 Å². The fourth-order valence-corrected chi connectivity index (χ4v) is 5.71. The Morgan fingerprint density at radius 2 is 1.74 bits per heavy atom. The maximum absolute atomic E-state index is 13.2. The number of aromatic nitrogens is 2. The summed E-state index contributed by atoms with van der Waals surface area (Å²) in [4.78, 5) is 56.0. The Morgan fingerprint density at radius 3 is 2.43 bits per heavy atom. The summed E-state index contributed by atoms with van der Waals surface area (Å²) in [5, 5.41) is 5.69. The minimum absolute atomic E-state index is 0.144. The van der Waals surface area contributed by atoms with E-state index >= 15 is 0 Å². The van der Waals surface area contributed by atoms with Crippen LogP contribution in [-0.2, 0) is 38.6 Å². The van der Waals surface area contributed by atoms with Gasteiger partial charge in [0.2, 0.25) is 17.7 Å². The van der Waals surface area contributed by atoms with Gasteiger partial charge in [-0.2, -0.15) is 0 Å². The van der Waals surface area contributed by atoms with Gasteiger partial charge in [0.15, 0.2) is 0 Å². The van der Waals surface area contributed by atoms with Gasteiger partial charge in [0, 0.05) is 38.3 Å². The van der Waals surface area contributed by atoms with Crippen molar-refractivity contribution >= 4 is 24.0 Å². The molecule has 2 N–H and O–H groups in total. The number of carbonyl (C=O) groups is 4. The standard InChI is InChI=1S/C33H49N5O4/c1-25(2)20-30(36-33(42)31-17-13-19-38(31)26(3)40)32(41)35-28(23-39)21-29-22-34-24-37(29)18-12-7-5-4-6-9-14-27-15-10-8-11-16-27/h8,10-11,15-16,22-25,28,30-31H,4-7,9,12-14,17-21H2,1-3H3,(H,35,41)(H,36,42)/t28-,30-,31-/m0/s1. The molecule has 3 atom stereocenters. The Bertz CT molecular complexity index is 1130. The van der Waals surface area contributed by atoms with E-state index in [2.05, 4.69) is 50.5 Å². The zero-order valence-corrected chi connectivity index (χ0v) is 25.6. The molecule has 1 aliphatic rings. The number of aryl methyl sites for hydroxylation is 2. The minimum atomic E-state index is -0.785. The first-order valence-corrected chi connectivity index (χ1v) is 15.6. The van der Waals surface area contributed by atoms with Crippen molar-refractivity contribution < 1.29 is 19.2 Å². The van der Waals surface area contributed by atoms with Crippen LogP contribution in [0, 0.1) is 5.92 Å². The molecule has 1 aromatic heterocycles. The molecule has 1 saturated heterocycles. The summed E-state index contributed by atoms with van der Waals surface area (Å²) in [7, 11) is 0. The molecule has 1 aromatic carbocycles. The molecule has 0 unspecified atom stereocenters. The first-order chi connectivity index (χ1) is 20.3. The van der Waals surface area contributed by atoms with Crippen molar-refractivity contribution in [2.24, 2.45) is 5.92 Å². The normalized spacial score (nSPS) is 16.3. The molecule has 9 heteroatoms. The number of hydrogen-bond acceptors (Lipinski definition) is 5. The highest BCUT2D eigenvalue weighted by Crippen LogP contribution is 2.18. The summed E-state index contributed by atoms with van der Waals surface area (Å²) in [6.07, 6.45) is 14.5. The molecule has 3 rings (SSSR count). The summed E-state index contributed by atoms with van der Waals surface area (Å²) in [5.41, 5.74) is 2.29. The molecule has 1 fully saturated rings. The summed E-state index contributed by atoms with van der Waals surface area (Å²) in [5.74, 6) is -0.706. The van der Waals surface area contributed by atoms with Crippen LogP contribution < -0.4 is 10.6 Å². The number of unbranched alkanes of at least 4 members (excludes halogenated alkanes) is 5. The lowest BCUT2D eigenvalue weighted by atomic mass is 10.0. The van der Waals surface area contributed by atoms with Gasteiger partial charge in [0.1, 0.15) is 18.4 Å². The van der Waals surface area contributed by atoms with Crippen molar-refractivity contribution in [1.29, 1.82) is 0 Å². The Labute approximate surface area is 250 Å². The van der Waals surface area contributed by atoms with E-state index in [-0.39, 0.29) is 23.6 Å². The monoisotopic (exact) mass is 579 g/mol. The molecule has 2 aromatic rings. The number of benzene rings is 1. The van der Waals surface area contributed by atoms with E-state index < -0.39 is 18.1 Å². The molecular formula is C33H49N5O4. The fraction of sp³-hybridized carbons (Fsp3) is 0.606. The van der Waals surface area contributed by atoms with Crippen LogP contribution in [0.25, 0.3) is 0 Å². The van der Waals surface area contributed by atoms with Crippen molar-refractivity contribution in [2.45, 2.75) is 116 Å². The molecule has 230 valence electrons. The van der Waals surface area contributed by atoms with Gasteiger partial charge in [0.25, 0.3) is 0 Å². The lowest BCUT2D eigenvalue weighted by Gasteiger charge is -2.27. The second-order valence-electron chi connectivity index (χ2n) is 12.0. The van der Waals surface area contributed by atoms with Crippen LogP contribution in [-0.4, -0.2) is 63.1 Å². The molecule has 0 aliphatic carbocycles. The molecule has 9 nitrogen and oxygen atoms in total. The van der Waals surface area contributed by atoms with Crippen LogP contribution in [0.4, 0.5) is 0 Å². The summed E-state index contributed by atoms with van der Waals surface area (Å²) < 4.78 is 2.06. The Morgan fingerprint density at radius 1 is 1.02 bits per heavy atom. The minimum Gasteiger partial charge on any atom is -0.344 e. The van der Waals surface area contributed by atoms with Crippen LogP contribution >= 0.6 is 0 Å². The van der Waals surface area contributed by atoms with E-state index in [1.165, 1.54) is 38.2 Å². The largest absolute Gasteiger partial charge is 0.344 e. The fourth-order valence-electron chi connectivity index (χ4n) is 5.71. The topological polar surface area (TPSA) is 113 Å².